The van der Waals surface area contributed by atoms with Gasteiger partial charge in [0.1, 0.15) is 5.75 Å². The van der Waals surface area contributed by atoms with Gasteiger partial charge in [-0.25, -0.2) is 9.48 Å². The number of benzene rings is 1. The van der Waals surface area contributed by atoms with Crippen molar-refractivity contribution in [2.24, 2.45) is 0 Å². The van der Waals surface area contributed by atoms with E-state index < -0.39 is 0 Å². The molecule has 92 valence electrons. The highest BCUT2D eigenvalue weighted by Gasteiger charge is 2.06. The summed E-state index contributed by atoms with van der Waals surface area (Å²) in [5.41, 5.74) is 0.573. The van der Waals surface area contributed by atoms with Crippen LogP contribution in [0.25, 0.3) is 11.4 Å². The predicted molar refractivity (Wildman–Crippen MR) is 68.3 cm³/mol. The minimum atomic E-state index is -0.254. The Labute approximate surface area is 104 Å². The Morgan fingerprint density at radius 1 is 1.44 bits per heavy atom. The fraction of sp³-hybridized carbons (Fsp3) is 0.231. The van der Waals surface area contributed by atoms with E-state index in [1.165, 1.54) is 4.68 Å². The predicted octanol–water partition coefficient (Wildman–Crippen LogP) is 1.27. The minimum absolute atomic E-state index is 0.254. The summed E-state index contributed by atoms with van der Waals surface area (Å²) in [4.78, 5) is 14.3. The summed E-state index contributed by atoms with van der Waals surface area (Å²) < 4.78 is 6.40. The van der Waals surface area contributed by atoms with E-state index >= 15 is 0 Å². The smallest absolute Gasteiger partial charge is 0.343 e. The van der Waals surface area contributed by atoms with Gasteiger partial charge in [-0.15, -0.1) is 17.4 Å². The number of rotatable bonds is 4. The second-order valence-corrected chi connectivity index (χ2v) is 3.68. The van der Waals surface area contributed by atoms with Crippen LogP contribution in [0.2, 0.25) is 0 Å². The molecule has 1 N–H and O–H groups in total. The highest BCUT2D eigenvalue weighted by Crippen LogP contribution is 2.17. The van der Waals surface area contributed by atoms with E-state index in [4.69, 9.17) is 11.2 Å². The lowest BCUT2D eigenvalue weighted by Gasteiger charge is -2.00. The zero-order valence-electron chi connectivity index (χ0n) is 10.0. The summed E-state index contributed by atoms with van der Waals surface area (Å²) in [6.07, 6.45) is 5.64. The topological polar surface area (TPSA) is 59.9 Å². The van der Waals surface area contributed by atoms with E-state index in [9.17, 15) is 4.79 Å². The first-order chi connectivity index (χ1) is 8.74. The number of H-pyrrole nitrogens is 1. The molecule has 1 heterocycles. The third-order valence-corrected chi connectivity index (χ3v) is 2.51. The van der Waals surface area contributed by atoms with Crippen molar-refractivity contribution in [1.29, 1.82) is 0 Å². The van der Waals surface area contributed by atoms with Crippen LogP contribution < -0.4 is 10.4 Å². The highest BCUT2D eigenvalue weighted by molar-refractivity contribution is 5.55. The Kier molecular flexibility index (Phi) is 3.49. The third kappa shape index (κ3) is 2.43. The first-order valence-electron chi connectivity index (χ1n) is 5.49. The zero-order chi connectivity index (χ0) is 13.0. The van der Waals surface area contributed by atoms with Gasteiger partial charge in [0.05, 0.1) is 13.7 Å². The van der Waals surface area contributed by atoms with Crippen molar-refractivity contribution in [3.8, 4) is 29.5 Å². The molecule has 18 heavy (non-hydrogen) atoms. The molecule has 0 aliphatic heterocycles. The van der Waals surface area contributed by atoms with Crippen LogP contribution in [0.15, 0.2) is 29.1 Å². The van der Waals surface area contributed by atoms with Crippen LogP contribution in [-0.4, -0.2) is 21.9 Å². The van der Waals surface area contributed by atoms with Crippen molar-refractivity contribution < 1.29 is 4.74 Å². The van der Waals surface area contributed by atoms with E-state index in [1.54, 1.807) is 7.11 Å². The van der Waals surface area contributed by atoms with Crippen LogP contribution in [0.1, 0.15) is 6.42 Å². The molecule has 5 nitrogen and oxygen atoms in total. The van der Waals surface area contributed by atoms with Crippen LogP contribution in [0.4, 0.5) is 0 Å². The second-order valence-electron chi connectivity index (χ2n) is 3.68. The summed E-state index contributed by atoms with van der Waals surface area (Å²) in [5, 5.41) is 4.19. The molecule has 0 aliphatic rings. The summed E-state index contributed by atoms with van der Waals surface area (Å²) in [7, 11) is 1.60. The number of methoxy groups -OCH3 is 1. The molecule has 0 unspecified atom stereocenters. The van der Waals surface area contributed by atoms with Gasteiger partial charge in [-0.05, 0) is 24.3 Å². The lowest BCUT2D eigenvalue weighted by Crippen LogP contribution is -2.17. The number of aromatic amines is 1. The summed E-state index contributed by atoms with van der Waals surface area (Å²) in [6.45, 7) is 0.419. The fourth-order valence-corrected chi connectivity index (χ4v) is 1.56. The van der Waals surface area contributed by atoms with Gasteiger partial charge in [0.25, 0.3) is 0 Å². The summed E-state index contributed by atoms with van der Waals surface area (Å²) >= 11 is 0. The van der Waals surface area contributed by atoms with E-state index in [-0.39, 0.29) is 5.69 Å². The molecule has 0 spiro atoms. The number of ether oxygens (including phenoxy) is 1. The standard InChI is InChI=1S/C13H13N3O2/c1-3-4-9-16-13(17)14-12(15-16)10-5-7-11(18-2)8-6-10/h1,5-8H,4,9H2,2H3,(H,14,15,17). The van der Waals surface area contributed by atoms with Crippen molar-refractivity contribution in [2.75, 3.05) is 7.11 Å². The summed E-state index contributed by atoms with van der Waals surface area (Å²) in [5.74, 6) is 3.76. The molecule has 5 heteroatoms. The molecule has 2 aromatic rings. The molecule has 0 aliphatic carbocycles. The lowest BCUT2D eigenvalue weighted by atomic mass is 10.2. The van der Waals surface area contributed by atoms with Gasteiger partial charge in [-0.1, -0.05) is 0 Å². The van der Waals surface area contributed by atoms with Crippen LogP contribution in [0.3, 0.4) is 0 Å². The molecule has 0 bridgehead atoms. The van der Waals surface area contributed by atoms with Gasteiger partial charge in [-0.2, -0.15) is 0 Å². The monoisotopic (exact) mass is 243 g/mol. The quantitative estimate of drug-likeness (QED) is 0.823. The largest absolute Gasteiger partial charge is 0.497 e. The highest BCUT2D eigenvalue weighted by atomic mass is 16.5. The zero-order valence-corrected chi connectivity index (χ0v) is 10.0. The van der Waals surface area contributed by atoms with Crippen molar-refractivity contribution in [3.05, 3.63) is 34.7 Å². The van der Waals surface area contributed by atoms with Gasteiger partial charge < -0.3 is 4.74 Å². The molecule has 0 radical (unpaired) electrons. The van der Waals surface area contributed by atoms with Crippen molar-refractivity contribution in [1.82, 2.24) is 14.8 Å². The van der Waals surface area contributed by atoms with E-state index in [2.05, 4.69) is 16.0 Å². The van der Waals surface area contributed by atoms with Crippen LogP contribution >= 0.6 is 0 Å². The van der Waals surface area contributed by atoms with Crippen LogP contribution in [0, 0.1) is 12.3 Å². The maximum Gasteiger partial charge on any atom is 0.343 e. The molecule has 2 rings (SSSR count). The van der Waals surface area contributed by atoms with Crippen molar-refractivity contribution in [2.45, 2.75) is 13.0 Å². The second kappa shape index (κ2) is 5.23. The van der Waals surface area contributed by atoms with Gasteiger partial charge in [0, 0.05) is 12.0 Å². The minimum Gasteiger partial charge on any atom is -0.497 e. The molecule has 0 saturated carbocycles. The Balaban J connectivity index is 2.28. The number of hydrogen-bond acceptors (Lipinski definition) is 3. The van der Waals surface area contributed by atoms with Gasteiger partial charge in [-0.3, -0.25) is 4.98 Å². The maximum absolute atomic E-state index is 11.6. The van der Waals surface area contributed by atoms with E-state index in [1.807, 2.05) is 24.3 Å². The lowest BCUT2D eigenvalue weighted by molar-refractivity contribution is 0.415. The number of aromatic nitrogens is 3. The Bertz CT molecular complexity index is 617. The molecule has 0 amide bonds. The van der Waals surface area contributed by atoms with Crippen LogP contribution in [-0.2, 0) is 6.54 Å². The van der Waals surface area contributed by atoms with Gasteiger partial charge in [0.15, 0.2) is 5.82 Å². The Morgan fingerprint density at radius 3 is 2.78 bits per heavy atom. The first kappa shape index (κ1) is 12.0. The third-order valence-electron chi connectivity index (χ3n) is 2.51. The first-order valence-corrected chi connectivity index (χ1v) is 5.49. The SMILES string of the molecule is C#CCCn1nc(-c2ccc(OC)cc2)[nH]c1=O. The molecule has 0 saturated heterocycles. The molecule has 1 aromatic carbocycles. The number of nitrogens with one attached hydrogen (secondary N) is 1. The maximum atomic E-state index is 11.6. The van der Waals surface area contributed by atoms with E-state index in [0.717, 1.165) is 11.3 Å². The van der Waals surface area contributed by atoms with Gasteiger partial charge >= 0.3 is 5.69 Å². The Morgan fingerprint density at radius 2 is 2.17 bits per heavy atom. The van der Waals surface area contributed by atoms with E-state index in [0.29, 0.717) is 18.8 Å². The number of terminal acetylenes is 1. The molecular weight excluding hydrogens is 230 g/mol. The molecular formula is C13H13N3O2. The average Bonchev–Trinajstić information content (AvgIpc) is 2.78. The fourth-order valence-electron chi connectivity index (χ4n) is 1.56. The average molecular weight is 243 g/mol. The summed E-state index contributed by atoms with van der Waals surface area (Å²) in [6, 6.07) is 7.30. The van der Waals surface area contributed by atoms with Gasteiger partial charge in [0.2, 0.25) is 0 Å². The van der Waals surface area contributed by atoms with Crippen molar-refractivity contribution >= 4 is 0 Å². The Hall–Kier alpha value is -2.48. The molecule has 0 fully saturated rings. The number of nitrogens with zero attached hydrogens (tertiary/aromatic N) is 2. The van der Waals surface area contributed by atoms with Crippen molar-refractivity contribution in [3.63, 3.8) is 0 Å². The number of aryl methyl sites for hydroxylation is 1. The molecule has 0 atom stereocenters. The number of hydrogen-bond donors (Lipinski definition) is 1. The van der Waals surface area contributed by atoms with Crippen LogP contribution in [0.5, 0.6) is 5.75 Å². The normalized spacial score (nSPS) is 10.0. The molecule has 1 aromatic heterocycles.